The number of benzene rings is 1. The van der Waals surface area contributed by atoms with Gasteiger partial charge in [0.2, 0.25) is 10.0 Å². The van der Waals surface area contributed by atoms with Gasteiger partial charge >= 0.3 is 0 Å². The molecule has 1 aromatic carbocycles. The van der Waals surface area contributed by atoms with Crippen molar-refractivity contribution in [2.75, 3.05) is 13.1 Å². The monoisotopic (exact) mass is 298 g/mol. The summed E-state index contributed by atoms with van der Waals surface area (Å²) in [6.07, 6.45) is 1.59. The van der Waals surface area contributed by atoms with E-state index in [1.807, 2.05) is 0 Å². The van der Waals surface area contributed by atoms with Crippen LogP contribution in [0.15, 0.2) is 29.2 Å². The molecule has 0 unspecified atom stereocenters. The van der Waals surface area contributed by atoms with Crippen LogP contribution in [0.5, 0.6) is 0 Å². The number of nitrogens with zero attached hydrogens (tertiary/aromatic N) is 2. The van der Waals surface area contributed by atoms with Crippen molar-refractivity contribution in [1.29, 1.82) is 0 Å². The van der Waals surface area contributed by atoms with Gasteiger partial charge < -0.3 is 0 Å². The predicted octanol–water partition coefficient (Wildman–Crippen LogP) is 2.41. The van der Waals surface area contributed by atoms with Gasteiger partial charge in [0, 0.05) is 25.2 Å². The lowest BCUT2D eigenvalue weighted by molar-refractivity contribution is -0.385. The Morgan fingerprint density at radius 3 is 2.40 bits per heavy atom. The molecule has 0 radical (unpaired) electrons. The van der Waals surface area contributed by atoms with Gasteiger partial charge in [-0.1, -0.05) is 19.9 Å². The minimum Gasteiger partial charge on any atom is -0.258 e. The molecule has 0 aromatic heterocycles. The number of hydrogen-bond acceptors (Lipinski definition) is 4. The quantitative estimate of drug-likeness (QED) is 0.634. The first-order valence-corrected chi connectivity index (χ1v) is 7.91. The largest absolute Gasteiger partial charge is 0.270 e. The van der Waals surface area contributed by atoms with E-state index in [1.165, 1.54) is 22.5 Å². The second-order valence-electron chi connectivity index (χ2n) is 5.82. The Morgan fingerprint density at radius 2 is 1.85 bits per heavy atom. The van der Waals surface area contributed by atoms with Gasteiger partial charge in [-0.3, -0.25) is 10.1 Å². The van der Waals surface area contributed by atoms with Crippen LogP contribution in [0.1, 0.15) is 26.7 Å². The fourth-order valence-corrected chi connectivity index (χ4v) is 3.72. The zero-order valence-corrected chi connectivity index (χ0v) is 12.4. The Hall–Kier alpha value is -1.47. The molecule has 0 bridgehead atoms. The predicted molar refractivity (Wildman–Crippen MR) is 74.9 cm³/mol. The number of nitro groups is 1. The Balaban J connectivity index is 2.27. The molecule has 1 aromatic rings. The summed E-state index contributed by atoms with van der Waals surface area (Å²) in [4.78, 5) is 10.1. The molecule has 0 aliphatic carbocycles. The van der Waals surface area contributed by atoms with Crippen LogP contribution in [-0.2, 0) is 10.0 Å². The SMILES string of the molecule is CC1(C)CCN(S(=O)(=O)c2cccc([N+](=O)[O-])c2)CC1. The van der Waals surface area contributed by atoms with Gasteiger partial charge in [0.25, 0.3) is 5.69 Å². The molecule has 0 amide bonds. The highest BCUT2D eigenvalue weighted by molar-refractivity contribution is 7.89. The molecule has 7 heteroatoms. The number of piperidine rings is 1. The minimum absolute atomic E-state index is 0.00796. The van der Waals surface area contributed by atoms with Gasteiger partial charge in [0.15, 0.2) is 0 Å². The standard InChI is InChI=1S/C13H18N2O4S/c1-13(2)6-8-14(9-7-13)20(18,19)12-5-3-4-11(10-12)15(16)17/h3-5,10H,6-9H2,1-2H3. The maximum absolute atomic E-state index is 12.5. The van der Waals surface area contributed by atoms with E-state index in [0.717, 1.165) is 18.9 Å². The van der Waals surface area contributed by atoms with Crippen LogP contribution in [0, 0.1) is 15.5 Å². The molecular formula is C13H18N2O4S. The molecule has 1 aliphatic heterocycles. The molecule has 0 N–H and O–H groups in total. The van der Waals surface area contributed by atoms with Gasteiger partial charge in [0.05, 0.1) is 9.82 Å². The van der Waals surface area contributed by atoms with Crippen molar-refractivity contribution in [3.05, 3.63) is 34.4 Å². The highest BCUT2D eigenvalue weighted by Gasteiger charge is 2.33. The van der Waals surface area contributed by atoms with Gasteiger partial charge in [0.1, 0.15) is 0 Å². The molecule has 2 rings (SSSR count). The Bertz CT molecular complexity index is 615. The Kier molecular flexibility index (Phi) is 3.84. The molecule has 0 atom stereocenters. The fourth-order valence-electron chi connectivity index (χ4n) is 2.24. The van der Waals surface area contributed by atoms with Crippen molar-refractivity contribution in [2.24, 2.45) is 5.41 Å². The van der Waals surface area contributed by atoms with E-state index in [2.05, 4.69) is 13.8 Å². The Morgan fingerprint density at radius 1 is 1.25 bits per heavy atom. The molecule has 0 spiro atoms. The second kappa shape index (κ2) is 5.14. The van der Waals surface area contributed by atoms with Crippen LogP contribution in [0.4, 0.5) is 5.69 Å². The maximum Gasteiger partial charge on any atom is 0.270 e. The van der Waals surface area contributed by atoms with E-state index in [0.29, 0.717) is 13.1 Å². The van der Waals surface area contributed by atoms with Crippen molar-refractivity contribution < 1.29 is 13.3 Å². The van der Waals surface area contributed by atoms with Gasteiger partial charge in [-0.2, -0.15) is 4.31 Å². The third-order valence-electron chi connectivity index (χ3n) is 3.74. The normalized spacial score (nSPS) is 19.7. The molecular weight excluding hydrogens is 280 g/mol. The summed E-state index contributed by atoms with van der Waals surface area (Å²) in [7, 11) is -3.64. The van der Waals surface area contributed by atoms with Crippen LogP contribution < -0.4 is 0 Å². The average Bonchev–Trinajstić information content (AvgIpc) is 2.38. The summed E-state index contributed by atoms with van der Waals surface area (Å²) in [5.74, 6) is 0. The zero-order valence-electron chi connectivity index (χ0n) is 11.6. The summed E-state index contributed by atoms with van der Waals surface area (Å²) in [5, 5.41) is 10.7. The smallest absolute Gasteiger partial charge is 0.258 e. The van der Waals surface area contributed by atoms with E-state index >= 15 is 0 Å². The van der Waals surface area contributed by atoms with Crippen LogP contribution in [-0.4, -0.2) is 30.7 Å². The maximum atomic E-state index is 12.5. The number of sulfonamides is 1. The molecule has 6 nitrogen and oxygen atoms in total. The van der Waals surface area contributed by atoms with Crippen molar-refractivity contribution >= 4 is 15.7 Å². The molecule has 1 fully saturated rings. The molecule has 20 heavy (non-hydrogen) atoms. The molecule has 1 saturated heterocycles. The van der Waals surface area contributed by atoms with Gasteiger partial charge in [-0.25, -0.2) is 8.42 Å². The molecule has 0 saturated carbocycles. The average molecular weight is 298 g/mol. The lowest BCUT2D eigenvalue weighted by atomic mass is 9.83. The van der Waals surface area contributed by atoms with E-state index in [9.17, 15) is 18.5 Å². The highest BCUT2D eigenvalue weighted by Crippen LogP contribution is 2.32. The van der Waals surface area contributed by atoms with Crippen LogP contribution in [0.25, 0.3) is 0 Å². The second-order valence-corrected chi connectivity index (χ2v) is 7.76. The van der Waals surface area contributed by atoms with E-state index in [1.54, 1.807) is 0 Å². The summed E-state index contributed by atoms with van der Waals surface area (Å²) in [6, 6.07) is 5.22. The number of non-ortho nitro benzene ring substituents is 1. The first-order chi connectivity index (χ1) is 9.22. The van der Waals surface area contributed by atoms with Crippen LogP contribution in [0.3, 0.4) is 0 Å². The molecule has 1 heterocycles. The number of nitro benzene ring substituents is 1. The summed E-state index contributed by atoms with van der Waals surface area (Å²) < 4.78 is 26.4. The first-order valence-electron chi connectivity index (χ1n) is 6.47. The van der Waals surface area contributed by atoms with E-state index < -0.39 is 14.9 Å². The molecule has 110 valence electrons. The fraction of sp³-hybridized carbons (Fsp3) is 0.538. The van der Waals surface area contributed by atoms with Gasteiger partial charge in [-0.15, -0.1) is 0 Å². The van der Waals surface area contributed by atoms with Crippen LogP contribution >= 0.6 is 0 Å². The summed E-state index contributed by atoms with van der Waals surface area (Å²) >= 11 is 0. The number of hydrogen-bond donors (Lipinski definition) is 0. The zero-order chi connectivity index (χ0) is 15.0. The minimum atomic E-state index is -3.64. The van der Waals surface area contributed by atoms with Crippen molar-refractivity contribution in [3.8, 4) is 0 Å². The molecule has 1 aliphatic rings. The lowest BCUT2D eigenvalue weighted by Crippen LogP contribution is -2.41. The van der Waals surface area contributed by atoms with E-state index in [4.69, 9.17) is 0 Å². The topological polar surface area (TPSA) is 80.5 Å². The van der Waals surface area contributed by atoms with Crippen molar-refractivity contribution in [3.63, 3.8) is 0 Å². The summed E-state index contributed by atoms with van der Waals surface area (Å²) in [6.45, 7) is 5.14. The number of rotatable bonds is 3. The lowest BCUT2D eigenvalue weighted by Gasteiger charge is -2.36. The third kappa shape index (κ3) is 2.99. The van der Waals surface area contributed by atoms with E-state index in [-0.39, 0.29) is 16.0 Å². The van der Waals surface area contributed by atoms with Crippen molar-refractivity contribution in [1.82, 2.24) is 4.31 Å². The van der Waals surface area contributed by atoms with Gasteiger partial charge in [-0.05, 0) is 24.3 Å². The third-order valence-corrected chi connectivity index (χ3v) is 5.64. The van der Waals surface area contributed by atoms with Crippen LogP contribution in [0.2, 0.25) is 0 Å². The highest BCUT2D eigenvalue weighted by atomic mass is 32.2. The Labute approximate surface area is 118 Å². The summed E-state index contributed by atoms with van der Waals surface area (Å²) in [5.41, 5.74) is -0.0576. The first kappa shape index (κ1) is 14.9. The van der Waals surface area contributed by atoms with Crippen molar-refractivity contribution in [2.45, 2.75) is 31.6 Å².